The van der Waals surface area contributed by atoms with Crippen molar-refractivity contribution in [3.05, 3.63) is 87.0 Å². The summed E-state index contributed by atoms with van der Waals surface area (Å²) in [6.07, 6.45) is 0.842. The summed E-state index contributed by atoms with van der Waals surface area (Å²) in [6.45, 7) is 0. The number of hydrogen-bond acceptors (Lipinski definition) is 2. The van der Waals surface area contributed by atoms with Gasteiger partial charge >= 0.3 is 0 Å². The average Bonchev–Trinajstić information content (AvgIpc) is 2.83. The lowest BCUT2D eigenvalue weighted by Crippen LogP contribution is -2.01. The largest absolute Gasteiger partial charge is 0.495 e. The topological polar surface area (TPSA) is 31.2 Å². The van der Waals surface area contributed by atoms with Gasteiger partial charge in [0.15, 0.2) is 0 Å². The zero-order valence-corrected chi connectivity index (χ0v) is 15.4. The van der Waals surface area contributed by atoms with Crippen molar-refractivity contribution in [3.8, 4) is 5.75 Å². The van der Waals surface area contributed by atoms with Crippen LogP contribution in [-0.2, 0) is 13.5 Å². The number of fused-ring (bicyclic) bond motifs is 3. The van der Waals surface area contributed by atoms with Gasteiger partial charge in [-0.2, -0.15) is 0 Å². The van der Waals surface area contributed by atoms with Gasteiger partial charge in [-0.05, 0) is 35.7 Å². The highest BCUT2D eigenvalue weighted by molar-refractivity contribution is 6.32. The standard InChI is InChI=1S/C22H18ClNO2/c1-24-19-9-8-15(10-14-6-4-3-5-7-14)11-16(19)17-12-21(26-2)18(23)13-20(25)22(17)24/h3-9,11-13H,10H2,1-2H3. The minimum Gasteiger partial charge on any atom is -0.495 e. The van der Waals surface area contributed by atoms with E-state index in [1.54, 1.807) is 7.11 Å². The van der Waals surface area contributed by atoms with Crippen LogP contribution in [0.25, 0.3) is 21.8 Å². The molecule has 0 amide bonds. The number of halogens is 1. The molecule has 0 aliphatic rings. The minimum atomic E-state index is -0.114. The summed E-state index contributed by atoms with van der Waals surface area (Å²) >= 11 is 6.21. The number of aryl methyl sites for hydroxylation is 1. The Morgan fingerprint density at radius 2 is 1.73 bits per heavy atom. The molecular weight excluding hydrogens is 346 g/mol. The molecular formula is C22H18ClNO2. The molecule has 0 saturated heterocycles. The Kier molecular flexibility index (Phi) is 4.17. The summed E-state index contributed by atoms with van der Waals surface area (Å²) in [5.41, 5.74) is 3.97. The van der Waals surface area contributed by atoms with E-state index in [-0.39, 0.29) is 5.43 Å². The molecule has 0 unspecified atom stereocenters. The molecule has 4 heteroatoms. The lowest BCUT2D eigenvalue weighted by atomic mass is 10.0. The predicted octanol–water partition coefficient (Wildman–Crippen LogP) is 4.94. The molecule has 0 aliphatic carbocycles. The number of benzene rings is 2. The number of nitrogens with zero attached hydrogens (tertiary/aromatic N) is 1. The Balaban J connectivity index is 2.00. The van der Waals surface area contributed by atoms with Crippen molar-refractivity contribution >= 4 is 33.4 Å². The number of hydrogen-bond donors (Lipinski definition) is 0. The third kappa shape index (κ3) is 2.74. The molecule has 26 heavy (non-hydrogen) atoms. The summed E-state index contributed by atoms with van der Waals surface area (Å²) in [5.74, 6) is 0.500. The summed E-state index contributed by atoms with van der Waals surface area (Å²) in [4.78, 5) is 12.7. The monoisotopic (exact) mass is 363 g/mol. The van der Waals surface area contributed by atoms with E-state index in [2.05, 4.69) is 30.3 Å². The molecule has 0 bridgehead atoms. The zero-order valence-electron chi connectivity index (χ0n) is 14.6. The fourth-order valence-corrected chi connectivity index (χ4v) is 3.75. The molecule has 3 aromatic carbocycles. The van der Waals surface area contributed by atoms with Crippen molar-refractivity contribution in [3.63, 3.8) is 0 Å². The second-order valence-electron chi connectivity index (χ2n) is 6.40. The number of rotatable bonds is 3. The first-order valence-electron chi connectivity index (χ1n) is 8.41. The molecule has 0 N–H and O–H groups in total. The van der Waals surface area contributed by atoms with Crippen molar-refractivity contribution in [1.29, 1.82) is 0 Å². The van der Waals surface area contributed by atoms with Crippen molar-refractivity contribution in [1.82, 2.24) is 4.57 Å². The molecule has 3 nitrogen and oxygen atoms in total. The van der Waals surface area contributed by atoms with Crippen LogP contribution in [0.15, 0.2) is 65.5 Å². The molecule has 0 radical (unpaired) electrons. The van der Waals surface area contributed by atoms with E-state index >= 15 is 0 Å². The van der Waals surface area contributed by atoms with Crippen LogP contribution >= 0.6 is 11.6 Å². The highest BCUT2D eigenvalue weighted by atomic mass is 35.5. The van der Waals surface area contributed by atoms with E-state index in [0.717, 1.165) is 22.7 Å². The lowest BCUT2D eigenvalue weighted by molar-refractivity contribution is 0.416. The highest BCUT2D eigenvalue weighted by Gasteiger charge is 2.13. The Labute approximate surface area is 156 Å². The van der Waals surface area contributed by atoms with Gasteiger partial charge < -0.3 is 9.30 Å². The minimum absolute atomic E-state index is 0.114. The van der Waals surface area contributed by atoms with Crippen LogP contribution < -0.4 is 10.2 Å². The van der Waals surface area contributed by atoms with Crippen LogP contribution in [0.3, 0.4) is 0 Å². The molecule has 4 rings (SSSR count). The molecule has 0 spiro atoms. The Morgan fingerprint density at radius 1 is 0.962 bits per heavy atom. The van der Waals surface area contributed by atoms with Crippen LogP contribution in [0.5, 0.6) is 5.75 Å². The van der Waals surface area contributed by atoms with E-state index in [0.29, 0.717) is 16.3 Å². The van der Waals surface area contributed by atoms with E-state index in [4.69, 9.17) is 16.3 Å². The van der Waals surface area contributed by atoms with Crippen LogP contribution in [0.1, 0.15) is 11.1 Å². The molecule has 0 saturated carbocycles. The van der Waals surface area contributed by atoms with Gasteiger partial charge in [0.25, 0.3) is 0 Å². The SMILES string of the molecule is COc1cc2c3cc(Cc4ccccc4)ccc3n(C)c2c(=O)cc1Cl. The van der Waals surface area contributed by atoms with Crippen molar-refractivity contribution in [2.75, 3.05) is 7.11 Å². The van der Waals surface area contributed by atoms with Crippen molar-refractivity contribution < 1.29 is 4.74 Å². The lowest BCUT2D eigenvalue weighted by Gasteiger charge is -2.03. The average molecular weight is 364 g/mol. The zero-order chi connectivity index (χ0) is 18.3. The number of aromatic nitrogens is 1. The van der Waals surface area contributed by atoms with Crippen LogP contribution in [-0.4, -0.2) is 11.7 Å². The molecule has 0 atom stereocenters. The van der Waals surface area contributed by atoms with Gasteiger partial charge in [0.1, 0.15) is 5.75 Å². The first kappa shape index (κ1) is 16.7. The third-order valence-corrected chi connectivity index (χ3v) is 5.07. The molecule has 4 aromatic rings. The third-order valence-electron chi connectivity index (χ3n) is 4.78. The van der Waals surface area contributed by atoms with E-state index in [1.807, 2.05) is 35.9 Å². The predicted molar refractivity (Wildman–Crippen MR) is 108 cm³/mol. The van der Waals surface area contributed by atoms with Gasteiger partial charge in [-0.1, -0.05) is 48.0 Å². The summed E-state index contributed by atoms with van der Waals surface area (Å²) in [6, 6.07) is 20.0. The fourth-order valence-electron chi connectivity index (χ4n) is 3.52. The van der Waals surface area contributed by atoms with Gasteiger partial charge in [-0.25, -0.2) is 0 Å². The molecule has 130 valence electrons. The Morgan fingerprint density at radius 3 is 2.46 bits per heavy atom. The van der Waals surface area contributed by atoms with Crippen LogP contribution in [0.2, 0.25) is 5.02 Å². The van der Waals surface area contributed by atoms with E-state index < -0.39 is 0 Å². The van der Waals surface area contributed by atoms with E-state index in [1.165, 1.54) is 17.2 Å². The van der Waals surface area contributed by atoms with Gasteiger partial charge in [-0.15, -0.1) is 0 Å². The first-order chi connectivity index (χ1) is 12.6. The van der Waals surface area contributed by atoms with Gasteiger partial charge in [0, 0.05) is 29.4 Å². The molecule has 1 aromatic heterocycles. The molecule has 1 heterocycles. The molecule has 0 aliphatic heterocycles. The number of methoxy groups -OCH3 is 1. The number of ether oxygens (including phenoxy) is 1. The van der Waals surface area contributed by atoms with Gasteiger partial charge in [0.05, 0.1) is 17.6 Å². The summed E-state index contributed by atoms with van der Waals surface area (Å²) < 4.78 is 7.30. The first-order valence-corrected chi connectivity index (χ1v) is 8.79. The van der Waals surface area contributed by atoms with Crippen molar-refractivity contribution in [2.24, 2.45) is 7.05 Å². The second-order valence-corrected chi connectivity index (χ2v) is 6.81. The van der Waals surface area contributed by atoms with Gasteiger partial charge in [0.2, 0.25) is 5.43 Å². The highest BCUT2D eigenvalue weighted by Crippen LogP contribution is 2.32. The molecule has 0 fully saturated rings. The normalized spacial score (nSPS) is 11.2. The second kappa shape index (κ2) is 6.50. The van der Waals surface area contributed by atoms with E-state index in [9.17, 15) is 4.79 Å². The van der Waals surface area contributed by atoms with Crippen molar-refractivity contribution in [2.45, 2.75) is 6.42 Å². The van der Waals surface area contributed by atoms with Crippen LogP contribution in [0.4, 0.5) is 0 Å². The maximum absolute atomic E-state index is 12.7. The fraction of sp³-hybridized carbons (Fsp3) is 0.136. The smallest absolute Gasteiger partial charge is 0.204 e. The maximum Gasteiger partial charge on any atom is 0.204 e. The summed E-state index contributed by atoms with van der Waals surface area (Å²) in [5, 5.41) is 2.20. The van der Waals surface area contributed by atoms with Gasteiger partial charge in [-0.3, -0.25) is 4.79 Å². The quantitative estimate of drug-likeness (QED) is 0.516. The van der Waals surface area contributed by atoms with Crippen LogP contribution in [0, 0.1) is 0 Å². The Hall–Kier alpha value is -2.78. The maximum atomic E-state index is 12.7. The Bertz CT molecular complexity index is 1180. The summed E-state index contributed by atoms with van der Waals surface area (Å²) in [7, 11) is 3.47.